The van der Waals surface area contributed by atoms with Gasteiger partial charge < -0.3 is 9.47 Å². The van der Waals surface area contributed by atoms with Crippen LogP contribution < -0.4 is 9.47 Å². The number of alkyl halides is 3. The van der Waals surface area contributed by atoms with Crippen LogP contribution in [0, 0.1) is 0 Å². The molecule has 0 N–H and O–H groups in total. The second-order valence-electron chi connectivity index (χ2n) is 4.24. The van der Waals surface area contributed by atoms with Gasteiger partial charge in [-0.05, 0) is 42.5 Å². The fraction of sp³-hybridized carbons (Fsp3) is 0.133. The minimum atomic E-state index is -4.47. The van der Waals surface area contributed by atoms with Crippen LogP contribution in [0.5, 0.6) is 11.5 Å². The van der Waals surface area contributed by atoms with Crippen molar-refractivity contribution in [2.45, 2.75) is 6.18 Å². The molecule has 0 bridgehead atoms. The minimum absolute atomic E-state index is 0.0668. The number of rotatable bonds is 4. The predicted octanol–water partition coefficient (Wildman–Crippen LogP) is 4.34. The van der Waals surface area contributed by atoms with E-state index in [0.29, 0.717) is 5.02 Å². The van der Waals surface area contributed by atoms with Crippen molar-refractivity contribution in [3.63, 3.8) is 0 Å². The Morgan fingerprint density at radius 1 is 1.05 bits per heavy atom. The summed E-state index contributed by atoms with van der Waals surface area (Å²) in [5, 5.41) is 0.486. The molecule has 0 unspecified atom stereocenters. The maximum Gasteiger partial charge on any atom is 0.416 e. The highest BCUT2D eigenvalue weighted by Crippen LogP contribution is 2.31. The van der Waals surface area contributed by atoms with Crippen molar-refractivity contribution in [1.29, 1.82) is 0 Å². The molecule has 0 saturated heterocycles. The molecule has 0 aliphatic carbocycles. The largest absolute Gasteiger partial charge is 0.482 e. The van der Waals surface area contributed by atoms with Gasteiger partial charge in [0.25, 0.3) is 0 Å². The third-order valence-corrected chi connectivity index (χ3v) is 2.82. The molecule has 116 valence electrons. The Hall–Kier alpha value is -2.21. The molecule has 0 aliphatic heterocycles. The van der Waals surface area contributed by atoms with Gasteiger partial charge in [-0.1, -0.05) is 17.7 Å². The van der Waals surface area contributed by atoms with Crippen molar-refractivity contribution in [2.24, 2.45) is 0 Å². The van der Waals surface area contributed by atoms with Gasteiger partial charge in [0.1, 0.15) is 11.5 Å². The first-order chi connectivity index (χ1) is 10.3. The molecule has 0 heterocycles. The Morgan fingerprint density at radius 2 is 1.73 bits per heavy atom. The number of carbonyl (C=O) groups is 1. The average molecular weight is 331 g/mol. The smallest absolute Gasteiger partial charge is 0.416 e. The third-order valence-electron chi connectivity index (χ3n) is 2.56. The van der Waals surface area contributed by atoms with Crippen molar-refractivity contribution in [3.8, 4) is 11.5 Å². The summed E-state index contributed by atoms with van der Waals surface area (Å²) in [6.45, 7) is -0.510. The molecule has 0 atom stereocenters. The zero-order valence-corrected chi connectivity index (χ0v) is 11.8. The van der Waals surface area contributed by atoms with E-state index in [4.69, 9.17) is 21.1 Å². The van der Waals surface area contributed by atoms with Gasteiger partial charge in [-0.2, -0.15) is 13.2 Å². The summed E-state index contributed by atoms with van der Waals surface area (Å²) in [5.41, 5.74) is -0.851. The van der Waals surface area contributed by atoms with E-state index in [-0.39, 0.29) is 11.5 Å². The maximum atomic E-state index is 12.5. The first-order valence-electron chi connectivity index (χ1n) is 6.11. The van der Waals surface area contributed by atoms with Crippen LogP contribution >= 0.6 is 11.6 Å². The third kappa shape index (κ3) is 4.66. The Morgan fingerprint density at radius 3 is 2.36 bits per heavy atom. The van der Waals surface area contributed by atoms with Gasteiger partial charge in [0.2, 0.25) is 0 Å². The van der Waals surface area contributed by atoms with E-state index in [0.717, 1.165) is 12.1 Å². The molecule has 0 aliphatic rings. The van der Waals surface area contributed by atoms with Gasteiger partial charge in [-0.25, -0.2) is 4.79 Å². The van der Waals surface area contributed by atoms with Crippen LogP contribution in [0.15, 0.2) is 48.5 Å². The summed E-state index contributed by atoms with van der Waals surface area (Å²) >= 11 is 5.68. The lowest BCUT2D eigenvalue weighted by atomic mass is 10.2. The predicted molar refractivity (Wildman–Crippen MR) is 74.0 cm³/mol. The summed E-state index contributed by atoms with van der Waals surface area (Å²) in [5.74, 6) is -0.537. The monoisotopic (exact) mass is 330 g/mol. The molecule has 0 fully saturated rings. The number of ether oxygens (including phenoxy) is 2. The van der Waals surface area contributed by atoms with Crippen LogP contribution in [0.25, 0.3) is 0 Å². The molecule has 0 amide bonds. The molecular weight excluding hydrogens is 321 g/mol. The number of esters is 1. The number of halogens is 4. The van der Waals surface area contributed by atoms with Gasteiger partial charge in [-0.3, -0.25) is 0 Å². The summed E-state index contributed by atoms with van der Waals surface area (Å²) in [6, 6.07) is 10.3. The van der Waals surface area contributed by atoms with Crippen molar-refractivity contribution >= 4 is 17.6 Å². The lowest BCUT2D eigenvalue weighted by molar-refractivity contribution is -0.137. The van der Waals surface area contributed by atoms with Crippen LogP contribution in [0.3, 0.4) is 0 Å². The van der Waals surface area contributed by atoms with Crippen molar-refractivity contribution in [2.75, 3.05) is 6.61 Å². The van der Waals surface area contributed by atoms with E-state index in [1.807, 2.05) is 0 Å². The van der Waals surface area contributed by atoms with E-state index in [9.17, 15) is 18.0 Å². The Bertz CT molecular complexity index is 654. The molecule has 0 spiro atoms. The molecule has 0 radical (unpaired) electrons. The molecule has 2 aromatic rings. The molecule has 0 saturated carbocycles. The summed E-state index contributed by atoms with van der Waals surface area (Å²) < 4.78 is 47.5. The number of hydrogen-bond donors (Lipinski definition) is 0. The summed E-state index contributed by atoms with van der Waals surface area (Å²) in [6.07, 6.45) is -4.47. The van der Waals surface area contributed by atoms with Crippen molar-refractivity contribution in [3.05, 3.63) is 59.1 Å². The molecule has 2 rings (SSSR count). The van der Waals surface area contributed by atoms with Crippen LogP contribution in [-0.4, -0.2) is 12.6 Å². The van der Waals surface area contributed by atoms with Gasteiger partial charge in [0.05, 0.1) is 5.56 Å². The maximum absolute atomic E-state index is 12.5. The lowest BCUT2D eigenvalue weighted by Crippen LogP contribution is -2.17. The second-order valence-corrected chi connectivity index (χ2v) is 4.68. The van der Waals surface area contributed by atoms with Crippen molar-refractivity contribution in [1.82, 2.24) is 0 Å². The first kappa shape index (κ1) is 16.2. The fourth-order valence-electron chi connectivity index (χ4n) is 1.57. The van der Waals surface area contributed by atoms with Gasteiger partial charge >= 0.3 is 12.1 Å². The molecule has 0 aromatic heterocycles. The number of benzene rings is 2. The van der Waals surface area contributed by atoms with Gasteiger partial charge in [0, 0.05) is 5.02 Å². The highest BCUT2D eigenvalue weighted by molar-refractivity contribution is 6.30. The molecule has 3 nitrogen and oxygen atoms in total. The minimum Gasteiger partial charge on any atom is -0.482 e. The highest BCUT2D eigenvalue weighted by Gasteiger charge is 2.30. The normalized spacial score (nSPS) is 11.1. The van der Waals surface area contributed by atoms with Gasteiger partial charge in [-0.15, -0.1) is 0 Å². The van der Waals surface area contributed by atoms with E-state index < -0.39 is 24.3 Å². The fourth-order valence-corrected chi connectivity index (χ4v) is 1.69. The Balaban J connectivity index is 1.92. The number of hydrogen-bond acceptors (Lipinski definition) is 3. The molecule has 2 aromatic carbocycles. The lowest BCUT2D eigenvalue weighted by Gasteiger charge is -2.10. The summed E-state index contributed by atoms with van der Waals surface area (Å²) in [4.78, 5) is 11.6. The highest BCUT2D eigenvalue weighted by atomic mass is 35.5. The van der Waals surface area contributed by atoms with E-state index in [1.54, 1.807) is 0 Å². The summed E-state index contributed by atoms with van der Waals surface area (Å²) in [7, 11) is 0. The molecule has 7 heteroatoms. The van der Waals surface area contributed by atoms with Crippen LogP contribution in [0.1, 0.15) is 5.56 Å². The van der Waals surface area contributed by atoms with Crippen molar-refractivity contribution < 1.29 is 27.4 Å². The Labute approximate surface area is 129 Å². The van der Waals surface area contributed by atoms with E-state index in [2.05, 4.69) is 0 Å². The standard InChI is InChI=1S/C15H10ClF3O3/c16-11-4-6-12(7-5-11)22-14(20)9-21-13-3-1-2-10(8-13)15(17,18)19/h1-8H,9H2. The van der Waals surface area contributed by atoms with Crippen LogP contribution in [0.4, 0.5) is 13.2 Å². The quantitative estimate of drug-likeness (QED) is 0.618. The second kappa shape index (κ2) is 6.70. The molecule has 22 heavy (non-hydrogen) atoms. The van der Waals surface area contributed by atoms with Gasteiger partial charge in [0.15, 0.2) is 6.61 Å². The average Bonchev–Trinajstić information content (AvgIpc) is 2.47. The Kier molecular flexibility index (Phi) is 4.92. The SMILES string of the molecule is O=C(COc1cccc(C(F)(F)F)c1)Oc1ccc(Cl)cc1. The molecular formula is C15H10ClF3O3. The topological polar surface area (TPSA) is 35.5 Å². The van der Waals surface area contributed by atoms with Crippen LogP contribution in [-0.2, 0) is 11.0 Å². The van der Waals surface area contributed by atoms with Crippen LogP contribution in [0.2, 0.25) is 5.02 Å². The van der Waals surface area contributed by atoms with E-state index >= 15 is 0 Å². The zero-order valence-electron chi connectivity index (χ0n) is 11.1. The first-order valence-corrected chi connectivity index (χ1v) is 6.49. The number of carbonyl (C=O) groups excluding carboxylic acids is 1. The zero-order chi connectivity index (χ0) is 16.2. The van der Waals surface area contributed by atoms with E-state index in [1.165, 1.54) is 36.4 Å².